The lowest BCUT2D eigenvalue weighted by molar-refractivity contribution is -0.149. The third-order valence-electron chi connectivity index (χ3n) is 4.31. The SMILES string of the molecule is CO[C@H]1/C=C/CCCCC(=O)O[C@H](C(C)C)/C(C)=C\[C@@H](C)[C@@H]1O. The first-order chi connectivity index (χ1) is 10.9. The molecule has 1 heterocycles. The second kappa shape index (κ2) is 9.89. The van der Waals surface area contributed by atoms with Crippen molar-refractivity contribution < 1.29 is 19.4 Å². The van der Waals surface area contributed by atoms with Gasteiger partial charge in [-0.3, -0.25) is 4.79 Å². The van der Waals surface area contributed by atoms with Gasteiger partial charge in [-0.2, -0.15) is 0 Å². The van der Waals surface area contributed by atoms with Crippen LogP contribution in [0.4, 0.5) is 0 Å². The molecule has 132 valence electrons. The molecule has 0 fully saturated rings. The normalized spacial score (nSPS) is 35.1. The van der Waals surface area contributed by atoms with E-state index in [1.54, 1.807) is 7.11 Å². The Bertz CT molecular complexity index is 425. The summed E-state index contributed by atoms with van der Waals surface area (Å²) < 4.78 is 11.1. The largest absolute Gasteiger partial charge is 0.458 e. The summed E-state index contributed by atoms with van der Waals surface area (Å²) in [6, 6.07) is 0. The number of aliphatic hydroxyl groups is 1. The van der Waals surface area contributed by atoms with Crippen molar-refractivity contribution in [2.75, 3.05) is 7.11 Å². The minimum absolute atomic E-state index is 0.0903. The summed E-state index contributed by atoms with van der Waals surface area (Å²) in [4.78, 5) is 12.0. The zero-order chi connectivity index (χ0) is 17.4. The van der Waals surface area contributed by atoms with Gasteiger partial charge >= 0.3 is 5.97 Å². The van der Waals surface area contributed by atoms with Crippen LogP contribution >= 0.6 is 0 Å². The monoisotopic (exact) mass is 324 g/mol. The zero-order valence-electron chi connectivity index (χ0n) is 15.1. The van der Waals surface area contributed by atoms with Crippen LogP contribution in [0.25, 0.3) is 0 Å². The van der Waals surface area contributed by atoms with E-state index < -0.39 is 6.10 Å². The molecule has 1 rings (SSSR count). The number of ether oxygens (including phenoxy) is 2. The van der Waals surface area contributed by atoms with E-state index in [2.05, 4.69) is 0 Å². The maximum absolute atomic E-state index is 12.0. The Hall–Kier alpha value is -1.13. The van der Waals surface area contributed by atoms with Crippen molar-refractivity contribution in [2.24, 2.45) is 11.8 Å². The molecule has 0 aromatic heterocycles. The molecular formula is C19H32O4. The quantitative estimate of drug-likeness (QED) is 0.622. The van der Waals surface area contributed by atoms with E-state index in [4.69, 9.17) is 9.47 Å². The molecule has 4 heteroatoms. The third kappa shape index (κ3) is 6.48. The van der Waals surface area contributed by atoms with E-state index in [0.717, 1.165) is 24.8 Å². The molecule has 0 saturated carbocycles. The molecule has 0 radical (unpaired) electrons. The Morgan fingerprint density at radius 2 is 2.04 bits per heavy atom. The van der Waals surface area contributed by atoms with Crippen molar-refractivity contribution in [1.29, 1.82) is 0 Å². The molecule has 0 bridgehead atoms. The predicted octanol–water partition coefficient (Wildman–Crippen LogP) is 3.64. The third-order valence-corrected chi connectivity index (χ3v) is 4.31. The van der Waals surface area contributed by atoms with Crippen molar-refractivity contribution in [3.8, 4) is 0 Å². The van der Waals surface area contributed by atoms with E-state index >= 15 is 0 Å². The van der Waals surface area contributed by atoms with Gasteiger partial charge in [0.25, 0.3) is 0 Å². The molecule has 4 atom stereocenters. The van der Waals surface area contributed by atoms with Crippen LogP contribution in [0.3, 0.4) is 0 Å². The molecule has 0 saturated heterocycles. The first kappa shape index (κ1) is 19.9. The van der Waals surface area contributed by atoms with Crippen molar-refractivity contribution >= 4 is 5.97 Å². The van der Waals surface area contributed by atoms with Crippen LogP contribution in [0.1, 0.15) is 53.4 Å². The average molecular weight is 324 g/mol. The topological polar surface area (TPSA) is 55.8 Å². The van der Waals surface area contributed by atoms with Crippen LogP contribution in [-0.4, -0.2) is 36.5 Å². The van der Waals surface area contributed by atoms with Crippen molar-refractivity contribution in [3.63, 3.8) is 0 Å². The Morgan fingerprint density at radius 1 is 1.35 bits per heavy atom. The van der Waals surface area contributed by atoms with Crippen LogP contribution in [0.5, 0.6) is 0 Å². The van der Waals surface area contributed by atoms with E-state index in [-0.39, 0.29) is 30.0 Å². The van der Waals surface area contributed by atoms with Gasteiger partial charge in [0.05, 0.1) is 6.10 Å². The zero-order valence-corrected chi connectivity index (χ0v) is 15.1. The van der Waals surface area contributed by atoms with Gasteiger partial charge in [-0.15, -0.1) is 0 Å². The van der Waals surface area contributed by atoms with Gasteiger partial charge in [0.15, 0.2) is 0 Å². The molecule has 0 aromatic carbocycles. The molecule has 23 heavy (non-hydrogen) atoms. The fourth-order valence-electron chi connectivity index (χ4n) is 2.96. The molecule has 1 N–H and O–H groups in total. The second-order valence-electron chi connectivity index (χ2n) is 6.79. The number of carbonyl (C=O) groups excluding carboxylic acids is 1. The highest BCUT2D eigenvalue weighted by atomic mass is 16.5. The van der Waals surface area contributed by atoms with Crippen LogP contribution < -0.4 is 0 Å². The van der Waals surface area contributed by atoms with E-state index in [1.165, 1.54) is 0 Å². The van der Waals surface area contributed by atoms with Crippen molar-refractivity contribution in [3.05, 3.63) is 23.8 Å². The molecule has 1 aliphatic rings. The number of esters is 1. The molecule has 0 unspecified atom stereocenters. The lowest BCUT2D eigenvalue weighted by Gasteiger charge is -2.26. The van der Waals surface area contributed by atoms with Gasteiger partial charge in [0, 0.05) is 19.4 Å². The van der Waals surface area contributed by atoms with Gasteiger partial charge in [0.2, 0.25) is 0 Å². The lowest BCUT2D eigenvalue weighted by atomic mass is 9.92. The number of cyclic esters (lactones) is 1. The van der Waals surface area contributed by atoms with Gasteiger partial charge in [-0.25, -0.2) is 0 Å². The van der Waals surface area contributed by atoms with Gasteiger partial charge in [0.1, 0.15) is 12.2 Å². The number of allylic oxidation sites excluding steroid dienone is 1. The Kier molecular flexibility index (Phi) is 8.56. The molecule has 1 aliphatic heterocycles. The molecule has 0 aromatic rings. The van der Waals surface area contributed by atoms with E-state index in [1.807, 2.05) is 45.9 Å². The number of hydrogen-bond acceptors (Lipinski definition) is 4. The summed E-state index contributed by atoms with van der Waals surface area (Å²) in [5, 5.41) is 10.5. The summed E-state index contributed by atoms with van der Waals surface area (Å²) in [5.74, 6) is -0.0292. The maximum Gasteiger partial charge on any atom is 0.306 e. The second-order valence-corrected chi connectivity index (χ2v) is 6.79. The van der Waals surface area contributed by atoms with Crippen molar-refractivity contribution in [2.45, 2.75) is 71.7 Å². The van der Waals surface area contributed by atoms with Gasteiger partial charge < -0.3 is 14.6 Å². The molecule has 0 amide bonds. The molecule has 4 nitrogen and oxygen atoms in total. The summed E-state index contributed by atoms with van der Waals surface area (Å²) in [6.45, 7) is 8.00. The van der Waals surface area contributed by atoms with E-state index in [9.17, 15) is 9.90 Å². The number of hydrogen-bond donors (Lipinski definition) is 1. The fraction of sp³-hybridized carbons (Fsp3) is 0.737. The highest BCUT2D eigenvalue weighted by Crippen LogP contribution is 2.22. The first-order valence-electron chi connectivity index (χ1n) is 8.62. The van der Waals surface area contributed by atoms with E-state index in [0.29, 0.717) is 6.42 Å². The van der Waals surface area contributed by atoms with Crippen LogP contribution in [-0.2, 0) is 14.3 Å². The maximum atomic E-state index is 12.0. The Morgan fingerprint density at radius 3 is 2.65 bits per heavy atom. The highest BCUT2D eigenvalue weighted by molar-refractivity contribution is 5.69. The summed E-state index contributed by atoms with van der Waals surface area (Å²) in [6.07, 6.45) is 7.82. The fourth-order valence-corrected chi connectivity index (χ4v) is 2.96. The first-order valence-corrected chi connectivity index (χ1v) is 8.62. The van der Waals surface area contributed by atoms with Crippen LogP contribution in [0, 0.1) is 11.8 Å². The highest BCUT2D eigenvalue weighted by Gasteiger charge is 2.25. The Labute approximate surface area is 140 Å². The lowest BCUT2D eigenvalue weighted by Crippen LogP contribution is -2.32. The number of methoxy groups -OCH3 is 1. The average Bonchev–Trinajstić information content (AvgIpc) is 2.50. The molecular weight excluding hydrogens is 292 g/mol. The minimum atomic E-state index is -0.627. The van der Waals surface area contributed by atoms with Crippen LogP contribution in [0.15, 0.2) is 23.8 Å². The smallest absolute Gasteiger partial charge is 0.306 e. The van der Waals surface area contributed by atoms with Crippen LogP contribution in [0.2, 0.25) is 0 Å². The van der Waals surface area contributed by atoms with Gasteiger partial charge in [-0.05, 0) is 37.7 Å². The number of aliphatic hydroxyl groups excluding tert-OH is 1. The molecule has 0 spiro atoms. The standard InChI is InChI=1S/C19H32O4/c1-13(2)19-15(4)12-14(3)18(21)16(22-5)10-8-6-7-9-11-17(20)23-19/h8,10,12-14,16,18-19,21H,6-7,9,11H2,1-5H3/b10-8+,15-12-/t14-,16+,18+,19-/m1/s1. The summed E-state index contributed by atoms with van der Waals surface area (Å²) >= 11 is 0. The molecule has 0 aliphatic carbocycles. The summed E-state index contributed by atoms with van der Waals surface area (Å²) in [5.41, 5.74) is 0.982. The Balaban J connectivity index is 3.02. The van der Waals surface area contributed by atoms with Gasteiger partial charge in [-0.1, -0.05) is 39.0 Å². The predicted molar refractivity (Wildman–Crippen MR) is 92.1 cm³/mol. The number of rotatable bonds is 2. The summed E-state index contributed by atoms with van der Waals surface area (Å²) in [7, 11) is 1.61. The van der Waals surface area contributed by atoms with Crippen molar-refractivity contribution in [1.82, 2.24) is 0 Å². The minimum Gasteiger partial charge on any atom is -0.458 e. The number of carbonyl (C=O) groups is 1.